The summed E-state index contributed by atoms with van der Waals surface area (Å²) in [6.45, 7) is 5.91. The van der Waals surface area contributed by atoms with E-state index in [9.17, 15) is 9.90 Å². The van der Waals surface area contributed by atoms with Gasteiger partial charge in [-0.2, -0.15) is 0 Å². The van der Waals surface area contributed by atoms with Gasteiger partial charge in [-0.15, -0.1) is 0 Å². The number of aliphatic hydroxyl groups excluding tert-OH is 1. The fourth-order valence-corrected chi connectivity index (χ4v) is 1.65. The zero-order valence-electron chi connectivity index (χ0n) is 10.3. The van der Waals surface area contributed by atoms with Gasteiger partial charge in [-0.1, -0.05) is 17.7 Å². The minimum absolute atomic E-state index is 0.0397. The predicted molar refractivity (Wildman–Crippen MR) is 64.6 cm³/mol. The molecule has 1 unspecified atom stereocenters. The van der Waals surface area contributed by atoms with E-state index in [-0.39, 0.29) is 5.91 Å². The maximum atomic E-state index is 12.1. The molecule has 0 saturated carbocycles. The van der Waals surface area contributed by atoms with Gasteiger partial charge in [-0.3, -0.25) is 4.79 Å². The van der Waals surface area contributed by atoms with E-state index in [1.807, 2.05) is 32.0 Å². The van der Waals surface area contributed by atoms with E-state index in [4.69, 9.17) is 0 Å². The molecule has 0 spiro atoms. The normalized spacial score (nSPS) is 12.3. The Kier molecular flexibility index (Phi) is 4.07. The van der Waals surface area contributed by atoms with Crippen LogP contribution in [0.2, 0.25) is 0 Å². The summed E-state index contributed by atoms with van der Waals surface area (Å²) >= 11 is 0. The van der Waals surface area contributed by atoms with Gasteiger partial charge in [0.05, 0.1) is 6.10 Å². The number of aliphatic hydroxyl groups is 1. The number of rotatable bonds is 3. The van der Waals surface area contributed by atoms with E-state index in [1.165, 1.54) is 0 Å². The molecule has 1 rings (SSSR count). The molecule has 1 aromatic rings. The molecule has 0 fully saturated rings. The number of hydrogen-bond donors (Lipinski definition) is 1. The van der Waals surface area contributed by atoms with Gasteiger partial charge < -0.3 is 10.0 Å². The molecule has 0 aliphatic heterocycles. The van der Waals surface area contributed by atoms with Crippen molar-refractivity contribution in [3.8, 4) is 0 Å². The molecular formula is C13H19NO2. The molecule has 0 aliphatic rings. The molecule has 0 aliphatic carbocycles. The highest BCUT2D eigenvalue weighted by atomic mass is 16.3. The smallest absolute Gasteiger partial charge is 0.253 e. The highest BCUT2D eigenvalue weighted by Crippen LogP contribution is 2.12. The average Bonchev–Trinajstić information content (AvgIpc) is 2.19. The molecule has 1 aromatic carbocycles. The van der Waals surface area contributed by atoms with Crippen molar-refractivity contribution in [3.63, 3.8) is 0 Å². The molecule has 0 saturated heterocycles. The lowest BCUT2D eigenvalue weighted by atomic mass is 10.0. The molecule has 16 heavy (non-hydrogen) atoms. The third-order valence-electron chi connectivity index (χ3n) is 2.51. The van der Waals surface area contributed by atoms with Crippen LogP contribution in [-0.4, -0.2) is 35.6 Å². The Morgan fingerprint density at radius 2 is 2.06 bits per heavy atom. The van der Waals surface area contributed by atoms with Crippen LogP contribution >= 0.6 is 0 Å². The molecule has 0 heterocycles. The van der Waals surface area contributed by atoms with Crippen LogP contribution in [0.1, 0.15) is 28.4 Å². The summed E-state index contributed by atoms with van der Waals surface area (Å²) in [5.74, 6) is -0.0397. The molecular weight excluding hydrogens is 202 g/mol. The van der Waals surface area contributed by atoms with Gasteiger partial charge in [0.15, 0.2) is 0 Å². The highest BCUT2D eigenvalue weighted by Gasteiger charge is 2.15. The van der Waals surface area contributed by atoms with Crippen LogP contribution in [0, 0.1) is 13.8 Å². The fourth-order valence-electron chi connectivity index (χ4n) is 1.65. The Bertz CT molecular complexity index is 386. The van der Waals surface area contributed by atoms with E-state index >= 15 is 0 Å². The van der Waals surface area contributed by atoms with Crippen LogP contribution < -0.4 is 0 Å². The Hall–Kier alpha value is -1.35. The van der Waals surface area contributed by atoms with Crippen molar-refractivity contribution in [2.45, 2.75) is 26.9 Å². The summed E-state index contributed by atoms with van der Waals surface area (Å²) in [6, 6.07) is 5.82. The first kappa shape index (κ1) is 12.7. The molecule has 0 aromatic heterocycles. The van der Waals surface area contributed by atoms with E-state index < -0.39 is 6.10 Å². The van der Waals surface area contributed by atoms with Gasteiger partial charge in [0.2, 0.25) is 0 Å². The second kappa shape index (κ2) is 5.12. The van der Waals surface area contributed by atoms with E-state index in [1.54, 1.807) is 18.9 Å². The number of hydrogen-bond acceptors (Lipinski definition) is 2. The lowest BCUT2D eigenvalue weighted by Crippen LogP contribution is -2.33. The molecule has 1 N–H and O–H groups in total. The van der Waals surface area contributed by atoms with Gasteiger partial charge in [0.25, 0.3) is 5.91 Å². The molecule has 1 atom stereocenters. The second-order valence-electron chi connectivity index (χ2n) is 4.35. The summed E-state index contributed by atoms with van der Waals surface area (Å²) in [4.78, 5) is 13.6. The molecule has 0 bridgehead atoms. The number of nitrogens with zero attached hydrogens (tertiary/aromatic N) is 1. The maximum absolute atomic E-state index is 12.1. The first-order chi connectivity index (χ1) is 7.41. The lowest BCUT2D eigenvalue weighted by Gasteiger charge is -2.20. The summed E-state index contributed by atoms with van der Waals surface area (Å²) in [5, 5.41) is 9.25. The summed E-state index contributed by atoms with van der Waals surface area (Å²) in [6.07, 6.45) is -0.501. The van der Waals surface area contributed by atoms with Crippen LogP contribution in [0.15, 0.2) is 18.2 Å². The molecule has 3 heteroatoms. The lowest BCUT2D eigenvalue weighted by molar-refractivity contribution is 0.0703. The summed E-state index contributed by atoms with van der Waals surface area (Å²) in [7, 11) is 1.71. The highest BCUT2D eigenvalue weighted by molar-refractivity contribution is 5.95. The Balaban J connectivity index is 2.91. The monoisotopic (exact) mass is 221 g/mol. The standard InChI is InChI=1S/C13H19NO2/c1-9-5-6-10(2)12(7-9)13(16)14(4)8-11(3)15/h5-7,11,15H,8H2,1-4H3. The first-order valence-electron chi connectivity index (χ1n) is 5.42. The number of carbonyl (C=O) groups is 1. The molecule has 88 valence electrons. The van der Waals surface area contributed by atoms with Crippen molar-refractivity contribution in [2.24, 2.45) is 0 Å². The molecule has 0 radical (unpaired) electrons. The van der Waals surface area contributed by atoms with Gasteiger partial charge in [-0.25, -0.2) is 0 Å². The van der Waals surface area contributed by atoms with Crippen LogP contribution in [0.25, 0.3) is 0 Å². The first-order valence-corrected chi connectivity index (χ1v) is 5.42. The Morgan fingerprint density at radius 3 is 2.62 bits per heavy atom. The van der Waals surface area contributed by atoms with Crippen molar-refractivity contribution >= 4 is 5.91 Å². The molecule has 1 amide bonds. The largest absolute Gasteiger partial charge is 0.392 e. The number of aryl methyl sites for hydroxylation is 2. The van der Waals surface area contributed by atoms with Gasteiger partial charge in [0, 0.05) is 19.2 Å². The quantitative estimate of drug-likeness (QED) is 0.845. The zero-order chi connectivity index (χ0) is 12.3. The van der Waals surface area contributed by atoms with Gasteiger partial charge in [-0.05, 0) is 32.4 Å². The minimum Gasteiger partial charge on any atom is -0.392 e. The zero-order valence-corrected chi connectivity index (χ0v) is 10.3. The predicted octanol–water partition coefficient (Wildman–Crippen LogP) is 1.76. The third-order valence-corrected chi connectivity index (χ3v) is 2.51. The van der Waals surface area contributed by atoms with Crippen molar-refractivity contribution in [1.82, 2.24) is 4.90 Å². The number of benzene rings is 1. The van der Waals surface area contributed by atoms with E-state index in [2.05, 4.69) is 0 Å². The Morgan fingerprint density at radius 1 is 1.44 bits per heavy atom. The number of likely N-dealkylation sites (N-methyl/N-ethyl adjacent to an activating group) is 1. The number of amides is 1. The van der Waals surface area contributed by atoms with Crippen LogP contribution in [-0.2, 0) is 0 Å². The van der Waals surface area contributed by atoms with E-state index in [0.717, 1.165) is 11.1 Å². The van der Waals surface area contributed by atoms with Crippen LogP contribution in [0.3, 0.4) is 0 Å². The minimum atomic E-state index is -0.501. The fraction of sp³-hybridized carbons (Fsp3) is 0.462. The average molecular weight is 221 g/mol. The van der Waals surface area contributed by atoms with Gasteiger partial charge in [0.1, 0.15) is 0 Å². The molecule has 3 nitrogen and oxygen atoms in total. The van der Waals surface area contributed by atoms with Crippen molar-refractivity contribution in [3.05, 3.63) is 34.9 Å². The Labute approximate surface area is 96.7 Å². The SMILES string of the molecule is Cc1ccc(C)c(C(=O)N(C)CC(C)O)c1. The van der Waals surface area contributed by atoms with Gasteiger partial charge >= 0.3 is 0 Å². The third kappa shape index (κ3) is 3.07. The second-order valence-corrected chi connectivity index (χ2v) is 4.35. The van der Waals surface area contributed by atoms with Crippen molar-refractivity contribution in [2.75, 3.05) is 13.6 Å². The maximum Gasteiger partial charge on any atom is 0.253 e. The van der Waals surface area contributed by atoms with Crippen LogP contribution in [0.5, 0.6) is 0 Å². The van der Waals surface area contributed by atoms with Crippen molar-refractivity contribution in [1.29, 1.82) is 0 Å². The summed E-state index contributed by atoms with van der Waals surface area (Å²) in [5.41, 5.74) is 2.75. The van der Waals surface area contributed by atoms with E-state index in [0.29, 0.717) is 12.1 Å². The number of carbonyl (C=O) groups excluding carboxylic acids is 1. The summed E-state index contributed by atoms with van der Waals surface area (Å²) < 4.78 is 0. The van der Waals surface area contributed by atoms with Crippen molar-refractivity contribution < 1.29 is 9.90 Å². The topological polar surface area (TPSA) is 40.5 Å². The van der Waals surface area contributed by atoms with Crippen LogP contribution in [0.4, 0.5) is 0 Å².